The first-order valence-electron chi connectivity index (χ1n) is 11.0. The Kier molecular flexibility index (Phi) is 6.33. The monoisotopic (exact) mass is 524 g/mol. The number of nitrogens with zero attached hydrogens (tertiary/aromatic N) is 5. The van der Waals surface area contributed by atoms with Gasteiger partial charge in [0, 0.05) is 24.7 Å². The van der Waals surface area contributed by atoms with Crippen molar-refractivity contribution in [2.45, 2.75) is 16.3 Å². The number of fused-ring (bicyclic) bond motifs is 4. The van der Waals surface area contributed by atoms with Crippen molar-refractivity contribution in [2.24, 2.45) is 0 Å². The summed E-state index contributed by atoms with van der Waals surface area (Å²) in [6.45, 7) is 0.234. The fourth-order valence-corrected chi connectivity index (χ4v) is 6.26. The number of sulfonamides is 1. The van der Waals surface area contributed by atoms with E-state index in [4.69, 9.17) is 0 Å². The molecule has 0 unspecified atom stereocenters. The highest BCUT2D eigenvalue weighted by Gasteiger charge is 2.32. The lowest BCUT2D eigenvalue weighted by molar-refractivity contribution is -0.387. The Bertz CT molecular complexity index is 1590. The number of benzene rings is 2. The Hall–Kier alpha value is -3.97. The molecule has 0 saturated carbocycles. The summed E-state index contributed by atoms with van der Waals surface area (Å²) in [6, 6.07) is 15.7. The number of nitro groups is 1. The second kappa shape index (κ2) is 9.59. The molecule has 2 aromatic heterocycles. The van der Waals surface area contributed by atoms with Crippen molar-refractivity contribution in [3.8, 4) is 11.3 Å². The molecule has 1 amide bonds. The standard InChI is InChI=1S/C23H20N6O5S2/c30-22-15-35-23-10-9-21-25-14-19(28(21)26-23)16-5-3-6-17(13-16)27(12-4-11-24-22)36(33,34)20-8-2-1-7-18(20)29(31)32/h1-3,5-10,13-14H,4,11-12,15H2,(H,24,30). The van der Waals surface area contributed by atoms with Crippen LogP contribution in [0.25, 0.3) is 16.9 Å². The molecule has 36 heavy (non-hydrogen) atoms. The quantitative estimate of drug-likeness (QED) is 0.318. The third kappa shape index (κ3) is 4.50. The van der Waals surface area contributed by atoms with Crippen molar-refractivity contribution in [3.05, 3.63) is 77.0 Å². The molecule has 5 rings (SSSR count). The van der Waals surface area contributed by atoms with Crippen molar-refractivity contribution in [1.82, 2.24) is 19.9 Å². The summed E-state index contributed by atoms with van der Waals surface area (Å²) in [5, 5.41) is 19.6. The van der Waals surface area contributed by atoms with E-state index in [1.807, 2.05) is 6.07 Å². The van der Waals surface area contributed by atoms with Crippen molar-refractivity contribution < 1.29 is 18.1 Å². The van der Waals surface area contributed by atoms with Crippen LogP contribution in [-0.4, -0.2) is 52.7 Å². The smallest absolute Gasteiger partial charge is 0.289 e. The zero-order valence-electron chi connectivity index (χ0n) is 18.8. The zero-order valence-corrected chi connectivity index (χ0v) is 20.4. The van der Waals surface area contributed by atoms with Gasteiger partial charge in [-0.1, -0.05) is 36.0 Å². The molecule has 1 aliphatic heterocycles. The summed E-state index contributed by atoms with van der Waals surface area (Å²) in [7, 11) is -4.32. The Morgan fingerprint density at radius 3 is 2.75 bits per heavy atom. The van der Waals surface area contributed by atoms with E-state index in [2.05, 4.69) is 15.4 Å². The van der Waals surface area contributed by atoms with E-state index in [1.165, 1.54) is 30.0 Å². The molecule has 0 saturated heterocycles. The van der Waals surface area contributed by atoms with Crippen LogP contribution >= 0.6 is 11.8 Å². The molecule has 184 valence electrons. The molecule has 11 nitrogen and oxygen atoms in total. The Balaban J connectivity index is 1.66. The lowest BCUT2D eigenvalue weighted by atomic mass is 10.1. The molecule has 13 heteroatoms. The lowest BCUT2D eigenvalue weighted by Gasteiger charge is -2.25. The molecule has 4 aromatic rings. The Labute approximate surface area is 210 Å². The summed E-state index contributed by atoms with van der Waals surface area (Å²) >= 11 is 1.29. The maximum Gasteiger partial charge on any atom is 0.289 e. The van der Waals surface area contributed by atoms with Gasteiger partial charge in [-0.25, -0.2) is 17.9 Å². The predicted molar refractivity (Wildman–Crippen MR) is 134 cm³/mol. The summed E-state index contributed by atoms with van der Waals surface area (Å²) in [5.74, 6) is -0.0644. The van der Waals surface area contributed by atoms with Gasteiger partial charge in [0.25, 0.3) is 15.7 Å². The van der Waals surface area contributed by atoms with Crippen LogP contribution < -0.4 is 9.62 Å². The first-order valence-corrected chi connectivity index (χ1v) is 13.4. The van der Waals surface area contributed by atoms with E-state index in [0.29, 0.717) is 34.0 Å². The third-order valence-electron chi connectivity index (χ3n) is 5.61. The van der Waals surface area contributed by atoms with E-state index in [1.54, 1.807) is 41.0 Å². The first kappa shape index (κ1) is 23.8. The van der Waals surface area contributed by atoms with Crippen LogP contribution in [0, 0.1) is 10.1 Å². The fourth-order valence-electron chi connectivity index (χ4n) is 3.92. The molecule has 0 fully saturated rings. The highest BCUT2D eigenvalue weighted by atomic mass is 32.2. The average molecular weight is 525 g/mol. The van der Waals surface area contributed by atoms with Gasteiger partial charge in [-0.2, -0.15) is 5.10 Å². The van der Waals surface area contributed by atoms with Crippen LogP contribution in [0.4, 0.5) is 11.4 Å². The van der Waals surface area contributed by atoms with Gasteiger partial charge in [0.05, 0.1) is 28.3 Å². The number of hydrogen-bond donors (Lipinski definition) is 1. The summed E-state index contributed by atoms with van der Waals surface area (Å²) in [6.07, 6.45) is 1.94. The van der Waals surface area contributed by atoms with Crippen molar-refractivity contribution in [1.29, 1.82) is 0 Å². The van der Waals surface area contributed by atoms with E-state index >= 15 is 0 Å². The van der Waals surface area contributed by atoms with Crippen molar-refractivity contribution in [2.75, 3.05) is 23.1 Å². The number of nitrogens with one attached hydrogen (secondary N) is 1. The van der Waals surface area contributed by atoms with Gasteiger partial charge in [0.15, 0.2) is 10.5 Å². The molecule has 0 aliphatic carbocycles. The number of amides is 1. The van der Waals surface area contributed by atoms with E-state index in [-0.39, 0.29) is 24.7 Å². The second-order valence-electron chi connectivity index (χ2n) is 7.93. The molecular formula is C23H20N6O5S2. The first-order chi connectivity index (χ1) is 17.3. The number of nitro benzene ring substituents is 1. The van der Waals surface area contributed by atoms with E-state index < -0.39 is 25.5 Å². The summed E-state index contributed by atoms with van der Waals surface area (Å²) in [4.78, 5) is 27.2. The Morgan fingerprint density at radius 2 is 1.92 bits per heavy atom. The molecule has 1 N–H and O–H groups in total. The number of rotatable bonds is 3. The topological polar surface area (TPSA) is 140 Å². The number of hydrogen-bond acceptors (Lipinski definition) is 8. The Morgan fingerprint density at radius 1 is 1.08 bits per heavy atom. The van der Waals surface area contributed by atoms with Crippen LogP contribution in [0.1, 0.15) is 6.42 Å². The lowest BCUT2D eigenvalue weighted by Crippen LogP contribution is -2.35. The highest BCUT2D eigenvalue weighted by molar-refractivity contribution is 7.99. The number of thioether (sulfide) groups is 1. The molecule has 2 aromatic carbocycles. The van der Waals surface area contributed by atoms with Gasteiger partial charge in [-0.15, -0.1) is 0 Å². The minimum Gasteiger partial charge on any atom is -0.355 e. The number of carbonyl (C=O) groups is 1. The third-order valence-corrected chi connectivity index (χ3v) is 8.40. The van der Waals surface area contributed by atoms with Gasteiger partial charge < -0.3 is 5.32 Å². The summed E-state index contributed by atoms with van der Waals surface area (Å²) < 4.78 is 30.3. The molecule has 0 spiro atoms. The van der Waals surface area contributed by atoms with Gasteiger partial charge in [-0.05, 0) is 36.8 Å². The predicted octanol–water partition coefficient (Wildman–Crippen LogP) is 3.11. The fraction of sp³-hybridized carbons (Fsp3) is 0.174. The van der Waals surface area contributed by atoms with Gasteiger partial charge >= 0.3 is 0 Å². The molecule has 0 radical (unpaired) electrons. The SMILES string of the molecule is O=C1CSc2ccc3ncc(n3n2)-c2cccc(c2)N(S(=O)(=O)c2ccccc2[N+](=O)[O-])CCCN1. The molecule has 1 aliphatic rings. The molecular weight excluding hydrogens is 504 g/mol. The van der Waals surface area contributed by atoms with Gasteiger partial charge in [-0.3, -0.25) is 19.2 Å². The normalized spacial score (nSPS) is 14.8. The number of para-hydroxylation sites is 1. The van der Waals surface area contributed by atoms with Crippen LogP contribution in [0.2, 0.25) is 0 Å². The van der Waals surface area contributed by atoms with Crippen LogP contribution in [-0.2, 0) is 14.8 Å². The molecule has 4 bridgehead atoms. The van der Waals surface area contributed by atoms with Crippen LogP contribution in [0.15, 0.2) is 76.8 Å². The second-order valence-corrected chi connectivity index (χ2v) is 10.8. The number of imidazole rings is 1. The maximum atomic E-state index is 13.8. The summed E-state index contributed by atoms with van der Waals surface area (Å²) in [5.41, 5.74) is 1.72. The molecule has 0 atom stereocenters. The zero-order chi connectivity index (χ0) is 25.3. The van der Waals surface area contributed by atoms with Crippen molar-refractivity contribution >= 4 is 44.7 Å². The average Bonchev–Trinajstić information content (AvgIpc) is 3.30. The van der Waals surface area contributed by atoms with Crippen LogP contribution in [0.3, 0.4) is 0 Å². The minimum atomic E-state index is -4.32. The number of anilines is 1. The minimum absolute atomic E-state index is 0.000917. The van der Waals surface area contributed by atoms with Crippen LogP contribution in [0.5, 0.6) is 0 Å². The van der Waals surface area contributed by atoms with Crippen molar-refractivity contribution in [3.63, 3.8) is 0 Å². The van der Waals surface area contributed by atoms with E-state index in [0.717, 1.165) is 10.4 Å². The molecule has 3 heterocycles. The number of carbonyl (C=O) groups excluding carboxylic acids is 1. The van der Waals surface area contributed by atoms with E-state index in [9.17, 15) is 23.3 Å². The largest absolute Gasteiger partial charge is 0.355 e. The number of aromatic nitrogens is 3. The van der Waals surface area contributed by atoms with Gasteiger partial charge in [0.2, 0.25) is 5.91 Å². The highest BCUT2D eigenvalue weighted by Crippen LogP contribution is 2.32. The maximum absolute atomic E-state index is 13.8. The van der Waals surface area contributed by atoms with Gasteiger partial charge in [0.1, 0.15) is 5.03 Å².